The Bertz CT molecular complexity index is 385. The van der Waals surface area contributed by atoms with E-state index in [1.807, 2.05) is 6.92 Å². The van der Waals surface area contributed by atoms with E-state index in [9.17, 15) is 4.79 Å². The molecule has 2 heterocycles. The SMILES string of the molecule is CC1CNc2c(nc(N)[nH]c2=O)N1. The van der Waals surface area contributed by atoms with Crippen LogP contribution in [-0.4, -0.2) is 22.6 Å². The minimum atomic E-state index is -0.234. The fourth-order valence-electron chi connectivity index (χ4n) is 1.30. The van der Waals surface area contributed by atoms with Crippen LogP contribution >= 0.6 is 0 Å². The van der Waals surface area contributed by atoms with Gasteiger partial charge in [-0.3, -0.25) is 9.78 Å². The minimum absolute atomic E-state index is 0.132. The molecule has 2 rings (SSSR count). The van der Waals surface area contributed by atoms with Crippen LogP contribution in [0, 0.1) is 0 Å². The van der Waals surface area contributed by atoms with Crippen LogP contribution < -0.4 is 21.9 Å². The van der Waals surface area contributed by atoms with Crippen LogP contribution in [-0.2, 0) is 0 Å². The summed E-state index contributed by atoms with van der Waals surface area (Å²) in [5, 5.41) is 6.05. The standard InChI is InChI=1S/C7H11N5O/c1-3-2-9-4-5(10-3)11-7(8)12-6(4)13/h3,9H,2H2,1H3,(H4,8,10,11,12,13). The second-order valence-corrected chi connectivity index (χ2v) is 3.10. The van der Waals surface area contributed by atoms with Crippen molar-refractivity contribution >= 4 is 17.5 Å². The van der Waals surface area contributed by atoms with Crippen LogP contribution in [0.2, 0.25) is 0 Å². The number of hydrogen-bond acceptors (Lipinski definition) is 5. The summed E-state index contributed by atoms with van der Waals surface area (Å²) in [7, 11) is 0. The van der Waals surface area contributed by atoms with E-state index in [-0.39, 0.29) is 17.5 Å². The second kappa shape index (κ2) is 2.65. The zero-order valence-corrected chi connectivity index (χ0v) is 7.22. The maximum Gasteiger partial charge on any atom is 0.277 e. The third-order valence-corrected chi connectivity index (χ3v) is 1.91. The molecule has 0 fully saturated rings. The number of fused-ring (bicyclic) bond motifs is 1. The smallest absolute Gasteiger partial charge is 0.277 e. The van der Waals surface area contributed by atoms with E-state index in [0.29, 0.717) is 18.1 Å². The van der Waals surface area contributed by atoms with Gasteiger partial charge in [0.2, 0.25) is 5.95 Å². The Hall–Kier alpha value is -1.72. The molecule has 13 heavy (non-hydrogen) atoms. The predicted octanol–water partition coefficient (Wildman–Crippen LogP) is -0.422. The molecule has 1 aromatic rings. The molecule has 0 amide bonds. The molecular formula is C7H11N5O. The van der Waals surface area contributed by atoms with Gasteiger partial charge >= 0.3 is 0 Å². The molecule has 1 aliphatic rings. The average molecular weight is 181 g/mol. The zero-order valence-electron chi connectivity index (χ0n) is 7.22. The van der Waals surface area contributed by atoms with Crippen molar-refractivity contribution in [1.82, 2.24) is 9.97 Å². The van der Waals surface area contributed by atoms with E-state index in [1.165, 1.54) is 0 Å². The molecule has 0 saturated heterocycles. The molecule has 70 valence electrons. The highest BCUT2D eigenvalue weighted by Gasteiger charge is 2.17. The van der Waals surface area contributed by atoms with Gasteiger partial charge in [0, 0.05) is 12.6 Å². The van der Waals surface area contributed by atoms with Gasteiger partial charge in [-0.1, -0.05) is 0 Å². The molecule has 0 bridgehead atoms. The zero-order chi connectivity index (χ0) is 9.42. The fourth-order valence-corrected chi connectivity index (χ4v) is 1.30. The van der Waals surface area contributed by atoms with Crippen molar-refractivity contribution in [2.45, 2.75) is 13.0 Å². The molecule has 1 aromatic heterocycles. The Balaban J connectivity index is 2.53. The Morgan fingerprint density at radius 1 is 1.62 bits per heavy atom. The number of hydrogen-bond donors (Lipinski definition) is 4. The summed E-state index contributed by atoms with van der Waals surface area (Å²) in [5.74, 6) is 0.659. The number of nitrogens with one attached hydrogen (secondary N) is 3. The van der Waals surface area contributed by atoms with E-state index >= 15 is 0 Å². The molecule has 1 unspecified atom stereocenters. The van der Waals surface area contributed by atoms with E-state index < -0.39 is 0 Å². The van der Waals surface area contributed by atoms with Crippen molar-refractivity contribution in [3.8, 4) is 0 Å². The normalized spacial score (nSPS) is 19.9. The lowest BCUT2D eigenvalue weighted by molar-refractivity contribution is 0.802. The minimum Gasteiger partial charge on any atom is -0.376 e. The van der Waals surface area contributed by atoms with Gasteiger partial charge in [0.25, 0.3) is 5.56 Å². The van der Waals surface area contributed by atoms with E-state index in [4.69, 9.17) is 5.73 Å². The first kappa shape index (κ1) is 7.90. The molecule has 0 radical (unpaired) electrons. The largest absolute Gasteiger partial charge is 0.376 e. The van der Waals surface area contributed by atoms with Gasteiger partial charge in [-0.25, -0.2) is 0 Å². The summed E-state index contributed by atoms with van der Waals surface area (Å²) in [4.78, 5) is 17.7. The lowest BCUT2D eigenvalue weighted by Gasteiger charge is -2.23. The van der Waals surface area contributed by atoms with Crippen molar-refractivity contribution in [2.75, 3.05) is 22.9 Å². The van der Waals surface area contributed by atoms with Gasteiger partial charge in [0.05, 0.1) is 0 Å². The Morgan fingerprint density at radius 3 is 3.15 bits per heavy atom. The first-order valence-electron chi connectivity index (χ1n) is 4.07. The first-order chi connectivity index (χ1) is 6.16. The Labute approximate surface area is 74.6 Å². The molecular weight excluding hydrogens is 170 g/mol. The number of nitrogen functional groups attached to an aromatic ring is 1. The van der Waals surface area contributed by atoms with Gasteiger partial charge in [-0.15, -0.1) is 0 Å². The fraction of sp³-hybridized carbons (Fsp3) is 0.429. The molecule has 1 atom stereocenters. The second-order valence-electron chi connectivity index (χ2n) is 3.10. The number of aromatic amines is 1. The average Bonchev–Trinajstić information content (AvgIpc) is 2.02. The first-order valence-corrected chi connectivity index (χ1v) is 4.07. The number of nitrogens with two attached hydrogens (primary N) is 1. The lowest BCUT2D eigenvalue weighted by Crippen LogP contribution is -2.34. The Morgan fingerprint density at radius 2 is 2.38 bits per heavy atom. The topological polar surface area (TPSA) is 95.8 Å². The van der Waals surface area contributed by atoms with Crippen LogP contribution in [0.5, 0.6) is 0 Å². The van der Waals surface area contributed by atoms with Gasteiger partial charge < -0.3 is 16.4 Å². The van der Waals surface area contributed by atoms with Gasteiger partial charge in [0.15, 0.2) is 5.82 Å². The third-order valence-electron chi connectivity index (χ3n) is 1.91. The molecule has 0 spiro atoms. The van der Waals surface area contributed by atoms with Crippen LogP contribution in [0.25, 0.3) is 0 Å². The molecule has 0 saturated carbocycles. The predicted molar refractivity (Wildman–Crippen MR) is 50.8 cm³/mol. The van der Waals surface area contributed by atoms with Crippen molar-refractivity contribution in [3.05, 3.63) is 10.4 Å². The highest BCUT2D eigenvalue weighted by Crippen LogP contribution is 2.18. The quantitative estimate of drug-likeness (QED) is 0.436. The summed E-state index contributed by atoms with van der Waals surface area (Å²) < 4.78 is 0. The third kappa shape index (κ3) is 1.30. The number of aromatic nitrogens is 2. The van der Waals surface area contributed by atoms with E-state index in [2.05, 4.69) is 20.6 Å². The number of rotatable bonds is 0. The highest BCUT2D eigenvalue weighted by atomic mass is 16.1. The van der Waals surface area contributed by atoms with E-state index in [0.717, 1.165) is 0 Å². The number of anilines is 3. The van der Waals surface area contributed by atoms with Gasteiger partial charge in [0.1, 0.15) is 5.69 Å². The van der Waals surface area contributed by atoms with Gasteiger partial charge in [-0.2, -0.15) is 4.98 Å². The maximum absolute atomic E-state index is 11.3. The summed E-state index contributed by atoms with van der Waals surface area (Å²) in [6, 6.07) is 0.251. The number of H-pyrrole nitrogens is 1. The Kier molecular flexibility index (Phi) is 1.61. The summed E-state index contributed by atoms with van der Waals surface area (Å²) in [6.07, 6.45) is 0. The molecule has 1 aliphatic heterocycles. The lowest BCUT2D eigenvalue weighted by atomic mass is 10.2. The maximum atomic E-state index is 11.3. The van der Waals surface area contributed by atoms with Crippen LogP contribution in [0.15, 0.2) is 4.79 Å². The molecule has 0 aromatic carbocycles. The van der Waals surface area contributed by atoms with Crippen molar-refractivity contribution in [2.24, 2.45) is 0 Å². The molecule has 6 nitrogen and oxygen atoms in total. The molecule has 6 heteroatoms. The molecule has 0 aliphatic carbocycles. The van der Waals surface area contributed by atoms with Crippen LogP contribution in [0.1, 0.15) is 6.92 Å². The van der Waals surface area contributed by atoms with Crippen molar-refractivity contribution in [3.63, 3.8) is 0 Å². The summed E-state index contributed by atoms with van der Waals surface area (Å²) in [5.41, 5.74) is 5.62. The molecule has 5 N–H and O–H groups in total. The van der Waals surface area contributed by atoms with Crippen LogP contribution in [0.3, 0.4) is 0 Å². The summed E-state index contributed by atoms with van der Waals surface area (Å²) in [6.45, 7) is 2.71. The monoisotopic (exact) mass is 181 g/mol. The van der Waals surface area contributed by atoms with Crippen molar-refractivity contribution in [1.29, 1.82) is 0 Å². The highest BCUT2D eigenvalue weighted by molar-refractivity contribution is 5.66. The van der Waals surface area contributed by atoms with Crippen LogP contribution in [0.4, 0.5) is 17.5 Å². The van der Waals surface area contributed by atoms with Crippen molar-refractivity contribution < 1.29 is 0 Å². The van der Waals surface area contributed by atoms with E-state index in [1.54, 1.807) is 0 Å². The summed E-state index contributed by atoms with van der Waals surface area (Å²) >= 11 is 0. The number of nitrogens with zero attached hydrogens (tertiary/aromatic N) is 1. The van der Waals surface area contributed by atoms with Gasteiger partial charge in [-0.05, 0) is 6.92 Å².